The van der Waals surface area contributed by atoms with Gasteiger partial charge in [0.05, 0.1) is 6.04 Å². The molecular weight excluding hydrogens is 361 g/mol. The van der Waals surface area contributed by atoms with Gasteiger partial charge in [0, 0.05) is 37.7 Å². The molecule has 0 radical (unpaired) electrons. The van der Waals surface area contributed by atoms with Crippen molar-refractivity contribution in [2.75, 3.05) is 13.2 Å². The predicted molar refractivity (Wildman–Crippen MR) is 90.9 cm³/mol. The smallest absolute Gasteiger partial charge is 0.422 e. The van der Waals surface area contributed by atoms with Gasteiger partial charge in [-0.05, 0) is 42.2 Å². The number of amides is 2. The van der Waals surface area contributed by atoms with Gasteiger partial charge in [0.1, 0.15) is 0 Å². The minimum atomic E-state index is -4.43. The molecular formula is C18H19F3N4O2. The van der Waals surface area contributed by atoms with Crippen molar-refractivity contribution >= 4 is 6.03 Å². The Morgan fingerprint density at radius 1 is 1.26 bits per heavy atom. The van der Waals surface area contributed by atoms with Crippen molar-refractivity contribution in [1.82, 2.24) is 20.2 Å². The molecule has 1 N–H and O–H groups in total. The highest BCUT2D eigenvalue weighted by Crippen LogP contribution is 2.31. The van der Waals surface area contributed by atoms with E-state index in [-0.39, 0.29) is 24.5 Å². The number of ether oxygens (including phenoxy) is 1. The van der Waals surface area contributed by atoms with Crippen LogP contribution >= 0.6 is 0 Å². The summed E-state index contributed by atoms with van der Waals surface area (Å²) >= 11 is 0. The molecule has 0 aromatic carbocycles. The van der Waals surface area contributed by atoms with Crippen LogP contribution in [-0.2, 0) is 6.54 Å². The van der Waals surface area contributed by atoms with E-state index in [0.717, 1.165) is 18.4 Å². The third kappa shape index (κ3) is 5.32. The van der Waals surface area contributed by atoms with Gasteiger partial charge in [0.2, 0.25) is 5.88 Å². The SMILES string of the molecule is O=C(NCc1ccnc(OCC(F)(F)F)c1)N1CCCC1c1ccncc1. The third-order valence-corrected chi connectivity index (χ3v) is 4.23. The summed E-state index contributed by atoms with van der Waals surface area (Å²) in [5, 5.41) is 2.81. The van der Waals surface area contributed by atoms with Crippen LogP contribution in [0.25, 0.3) is 0 Å². The topological polar surface area (TPSA) is 67.3 Å². The highest BCUT2D eigenvalue weighted by atomic mass is 19.4. The molecule has 0 aliphatic carbocycles. The van der Waals surface area contributed by atoms with Crippen molar-refractivity contribution in [3.05, 3.63) is 54.0 Å². The third-order valence-electron chi connectivity index (χ3n) is 4.23. The molecule has 2 aromatic rings. The van der Waals surface area contributed by atoms with Gasteiger partial charge in [-0.25, -0.2) is 9.78 Å². The van der Waals surface area contributed by atoms with E-state index in [2.05, 4.69) is 20.0 Å². The zero-order chi connectivity index (χ0) is 19.3. The zero-order valence-electron chi connectivity index (χ0n) is 14.4. The van der Waals surface area contributed by atoms with E-state index in [1.807, 2.05) is 12.1 Å². The molecule has 144 valence electrons. The van der Waals surface area contributed by atoms with Gasteiger partial charge >= 0.3 is 12.2 Å². The fourth-order valence-electron chi connectivity index (χ4n) is 3.02. The Morgan fingerprint density at radius 2 is 2.04 bits per heavy atom. The first kappa shape index (κ1) is 18.9. The summed E-state index contributed by atoms with van der Waals surface area (Å²) in [4.78, 5) is 22.1. The molecule has 27 heavy (non-hydrogen) atoms. The summed E-state index contributed by atoms with van der Waals surface area (Å²) in [5.74, 6) is -0.130. The van der Waals surface area contributed by atoms with E-state index in [4.69, 9.17) is 0 Å². The number of urea groups is 1. The number of pyridine rings is 2. The summed E-state index contributed by atoms with van der Waals surface area (Å²) < 4.78 is 41.3. The lowest BCUT2D eigenvalue weighted by Gasteiger charge is -2.25. The van der Waals surface area contributed by atoms with E-state index in [1.54, 1.807) is 23.4 Å². The Bertz CT molecular complexity index is 771. The number of halogens is 3. The zero-order valence-corrected chi connectivity index (χ0v) is 14.4. The molecule has 9 heteroatoms. The second-order valence-corrected chi connectivity index (χ2v) is 6.20. The van der Waals surface area contributed by atoms with Crippen LogP contribution in [0.2, 0.25) is 0 Å². The summed E-state index contributed by atoms with van der Waals surface area (Å²) in [6.07, 6.45) is 2.10. The lowest BCUT2D eigenvalue weighted by molar-refractivity contribution is -0.154. The quantitative estimate of drug-likeness (QED) is 0.863. The maximum Gasteiger partial charge on any atom is 0.422 e. The maximum atomic E-state index is 12.5. The summed E-state index contributed by atoms with van der Waals surface area (Å²) in [7, 11) is 0. The number of likely N-dealkylation sites (tertiary alicyclic amines) is 1. The fraction of sp³-hybridized carbons (Fsp3) is 0.389. The summed E-state index contributed by atoms with van der Waals surface area (Å²) in [6, 6.07) is 6.56. The van der Waals surface area contributed by atoms with Gasteiger partial charge in [-0.2, -0.15) is 13.2 Å². The van der Waals surface area contributed by atoms with Crippen LogP contribution in [0.1, 0.15) is 30.0 Å². The molecule has 1 aliphatic heterocycles. The Kier molecular flexibility index (Phi) is 5.78. The highest BCUT2D eigenvalue weighted by molar-refractivity contribution is 5.75. The number of nitrogens with zero attached hydrogens (tertiary/aromatic N) is 3. The lowest BCUT2D eigenvalue weighted by atomic mass is 10.1. The van der Waals surface area contributed by atoms with Crippen molar-refractivity contribution in [2.24, 2.45) is 0 Å². The first-order valence-electron chi connectivity index (χ1n) is 8.51. The van der Waals surface area contributed by atoms with Crippen LogP contribution in [0.4, 0.5) is 18.0 Å². The molecule has 0 bridgehead atoms. The molecule has 1 fully saturated rings. The molecule has 1 atom stereocenters. The Balaban J connectivity index is 1.57. The second kappa shape index (κ2) is 8.24. The number of nitrogens with one attached hydrogen (secondary N) is 1. The van der Waals surface area contributed by atoms with Gasteiger partial charge in [0.15, 0.2) is 6.61 Å². The van der Waals surface area contributed by atoms with Gasteiger partial charge < -0.3 is 15.0 Å². The van der Waals surface area contributed by atoms with Crippen molar-refractivity contribution in [2.45, 2.75) is 31.6 Å². The second-order valence-electron chi connectivity index (χ2n) is 6.20. The van der Waals surface area contributed by atoms with Crippen molar-refractivity contribution in [3.63, 3.8) is 0 Å². The van der Waals surface area contributed by atoms with Gasteiger partial charge in [-0.1, -0.05) is 0 Å². The standard InChI is InChI=1S/C18H19F3N4O2/c19-18(20,21)12-27-16-10-13(3-8-23-16)11-24-17(26)25-9-1-2-15(25)14-4-6-22-7-5-14/h3-8,10,15H,1-2,9,11-12H2,(H,24,26). The first-order chi connectivity index (χ1) is 12.9. The van der Waals surface area contributed by atoms with Gasteiger partial charge in [-0.15, -0.1) is 0 Å². The maximum absolute atomic E-state index is 12.5. The van der Waals surface area contributed by atoms with Crippen LogP contribution in [0.15, 0.2) is 42.9 Å². The lowest BCUT2D eigenvalue weighted by Crippen LogP contribution is -2.39. The van der Waals surface area contributed by atoms with E-state index in [9.17, 15) is 18.0 Å². The van der Waals surface area contributed by atoms with Crippen LogP contribution in [0, 0.1) is 0 Å². The highest BCUT2D eigenvalue weighted by Gasteiger charge is 2.30. The molecule has 2 amide bonds. The number of rotatable bonds is 5. The predicted octanol–water partition coefficient (Wildman–Crippen LogP) is 3.46. The van der Waals surface area contributed by atoms with Crippen LogP contribution in [-0.4, -0.2) is 40.2 Å². The number of aromatic nitrogens is 2. The molecule has 1 unspecified atom stereocenters. The molecule has 2 aromatic heterocycles. The molecule has 6 nitrogen and oxygen atoms in total. The first-order valence-corrected chi connectivity index (χ1v) is 8.51. The van der Waals surface area contributed by atoms with Crippen LogP contribution in [0.3, 0.4) is 0 Å². The van der Waals surface area contributed by atoms with Crippen LogP contribution in [0.5, 0.6) is 5.88 Å². The number of alkyl halides is 3. The van der Waals surface area contributed by atoms with Gasteiger partial charge in [0.25, 0.3) is 0 Å². The number of hydrogen-bond acceptors (Lipinski definition) is 4. The number of hydrogen-bond donors (Lipinski definition) is 1. The monoisotopic (exact) mass is 380 g/mol. The molecule has 0 saturated carbocycles. The van der Waals surface area contributed by atoms with E-state index in [0.29, 0.717) is 12.1 Å². The Morgan fingerprint density at radius 3 is 2.78 bits per heavy atom. The Labute approximate surface area is 154 Å². The van der Waals surface area contributed by atoms with Crippen LogP contribution < -0.4 is 10.1 Å². The molecule has 1 aliphatic rings. The fourth-order valence-corrected chi connectivity index (χ4v) is 3.02. The summed E-state index contributed by atoms with van der Waals surface area (Å²) in [5.41, 5.74) is 1.64. The number of carbonyl (C=O) groups is 1. The molecule has 1 saturated heterocycles. The van der Waals surface area contributed by atoms with E-state index >= 15 is 0 Å². The summed E-state index contributed by atoms with van der Waals surface area (Å²) in [6.45, 7) is -0.588. The normalized spacial score (nSPS) is 17.0. The molecule has 0 spiro atoms. The molecule has 3 rings (SSSR count). The van der Waals surface area contributed by atoms with Crippen molar-refractivity contribution < 1.29 is 22.7 Å². The van der Waals surface area contributed by atoms with Crippen molar-refractivity contribution in [1.29, 1.82) is 0 Å². The van der Waals surface area contributed by atoms with Gasteiger partial charge in [-0.3, -0.25) is 4.98 Å². The molecule has 3 heterocycles. The minimum absolute atomic E-state index is 0.00359. The average molecular weight is 380 g/mol. The Hall–Kier alpha value is -2.84. The van der Waals surface area contributed by atoms with Crippen molar-refractivity contribution in [3.8, 4) is 5.88 Å². The number of carbonyl (C=O) groups excluding carboxylic acids is 1. The van der Waals surface area contributed by atoms with E-state index < -0.39 is 12.8 Å². The largest absolute Gasteiger partial charge is 0.468 e. The minimum Gasteiger partial charge on any atom is -0.468 e. The van der Waals surface area contributed by atoms with E-state index in [1.165, 1.54) is 12.3 Å². The average Bonchev–Trinajstić information content (AvgIpc) is 3.15.